The maximum absolute atomic E-state index is 15.4. The third-order valence-electron chi connectivity index (χ3n) is 16.5. The van der Waals surface area contributed by atoms with E-state index in [2.05, 4.69) is 97.1 Å². The summed E-state index contributed by atoms with van der Waals surface area (Å²) in [6.07, 6.45) is 12.4. The van der Waals surface area contributed by atoms with Gasteiger partial charge in [-0.1, -0.05) is 116 Å². The SMILES string of the molecule is CC(CO)=C1CCc2ccc(cc2)C2C=CC(c3cccc(Cc4ccccc4)c3)CC2CC(=O)OC2c3c(ccc4c(CO)c(C(CCO)COCO)c(=O)oc34)OC3(CC=CC4CCCCC43)C2OC1=O. The minimum absolute atomic E-state index is 0.00606. The summed E-state index contributed by atoms with van der Waals surface area (Å²) in [6.45, 7) is -0.307. The Labute approximate surface area is 426 Å². The van der Waals surface area contributed by atoms with Crippen LogP contribution in [0.1, 0.15) is 133 Å². The lowest BCUT2D eigenvalue weighted by Crippen LogP contribution is -2.62. The Balaban J connectivity index is 1.12. The van der Waals surface area contributed by atoms with E-state index in [4.69, 9.17) is 23.4 Å². The fourth-order valence-electron chi connectivity index (χ4n) is 12.8. The smallest absolute Gasteiger partial charge is 0.340 e. The van der Waals surface area contributed by atoms with Gasteiger partial charge < -0.3 is 43.8 Å². The maximum atomic E-state index is 15.4. The number of aliphatic hydroxyl groups is 4. The van der Waals surface area contributed by atoms with E-state index in [0.29, 0.717) is 41.5 Å². The first-order valence-electron chi connectivity index (χ1n) is 26.1. The highest BCUT2D eigenvalue weighted by Crippen LogP contribution is 2.56. The Morgan fingerprint density at radius 2 is 1.64 bits per heavy atom. The van der Waals surface area contributed by atoms with Crippen LogP contribution in [0.25, 0.3) is 11.0 Å². The monoisotopic (exact) mass is 990 g/mol. The minimum atomic E-state index is -1.35. The average molecular weight is 991 g/mol. The second kappa shape index (κ2) is 22.1. The van der Waals surface area contributed by atoms with Crippen LogP contribution in [0.4, 0.5) is 0 Å². The molecule has 3 aliphatic heterocycles. The Morgan fingerprint density at radius 3 is 2.42 bits per heavy atom. The Hall–Kier alpha value is -6.15. The number of benzene rings is 4. The molecule has 0 amide bonds. The van der Waals surface area contributed by atoms with Gasteiger partial charge in [-0.15, -0.1) is 0 Å². The molecule has 382 valence electrons. The molecule has 4 N–H and O–H groups in total. The minimum Gasteiger partial charge on any atom is -0.482 e. The van der Waals surface area contributed by atoms with E-state index in [1.165, 1.54) is 11.1 Å². The lowest BCUT2D eigenvalue weighted by molar-refractivity contribution is -0.208. The van der Waals surface area contributed by atoms with Crippen molar-refractivity contribution in [1.29, 1.82) is 0 Å². The van der Waals surface area contributed by atoms with Gasteiger partial charge in [0.2, 0.25) is 0 Å². The van der Waals surface area contributed by atoms with Crippen LogP contribution in [0.15, 0.2) is 136 Å². The first-order chi connectivity index (χ1) is 35.6. The predicted molar refractivity (Wildman–Crippen MR) is 275 cm³/mol. The molecule has 1 fully saturated rings. The lowest BCUT2D eigenvalue weighted by Gasteiger charge is -2.54. The van der Waals surface area contributed by atoms with Crippen LogP contribution in [-0.2, 0) is 43.2 Å². The molecule has 4 heterocycles. The highest BCUT2D eigenvalue weighted by Gasteiger charge is 2.61. The highest BCUT2D eigenvalue weighted by molar-refractivity contribution is 5.90. The molecule has 1 aromatic heterocycles. The van der Waals surface area contributed by atoms with Gasteiger partial charge >= 0.3 is 17.6 Å². The molecule has 9 unspecified atom stereocenters. The lowest BCUT2D eigenvalue weighted by atomic mass is 9.62. The predicted octanol–water partition coefficient (Wildman–Crippen LogP) is 9.49. The zero-order valence-electron chi connectivity index (χ0n) is 41.5. The van der Waals surface area contributed by atoms with Crippen molar-refractivity contribution in [3.63, 3.8) is 0 Å². The van der Waals surface area contributed by atoms with E-state index >= 15 is 9.59 Å². The van der Waals surface area contributed by atoms with Crippen LogP contribution in [0.5, 0.6) is 5.75 Å². The van der Waals surface area contributed by atoms with Gasteiger partial charge in [-0.2, -0.15) is 0 Å². The molecule has 1 saturated carbocycles. The quantitative estimate of drug-likeness (QED) is 0.0324. The fourth-order valence-corrected chi connectivity index (χ4v) is 12.8. The van der Waals surface area contributed by atoms with Crippen molar-refractivity contribution in [2.24, 2.45) is 17.8 Å². The zero-order valence-corrected chi connectivity index (χ0v) is 41.5. The molecule has 11 rings (SSSR count). The van der Waals surface area contributed by atoms with Crippen LogP contribution in [0, 0.1) is 17.8 Å². The summed E-state index contributed by atoms with van der Waals surface area (Å²) in [5.41, 5.74) is 4.89. The van der Waals surface area contributed by atoms with Gasteiger partial charge in [-0.3, -0.25) is 4.79 Å². The normalized spacial score (nSPS) is 27.0. The van der Waals surface area contributed by atoms with E-state index < -0.39 is 54.7 Å². The van der Waals surface area contributed by atoms with Crippen LogP contribution in [0.2, 0.25) is 0 Å². The fraction of sp³-hybridized carbons (Fsp3) is 0.426. The van der Waals surface area contributed by atoms with Gasteiger partial charge in [0.1, 0.15) is 18.1 Å². The second-order valence-corrected chi connectivity index (χ2v) is 20.8. The standard InChI is InChI=1S/C61H66O12/c1-37(33-63)47-22-18-38-16-19-41(20-17-38)48-23-21-44(43-13-7-11-40(30-43)29-39-9-3-2-4-10-39)31-46(48)32-53(66)70-57-55-52(73-61(58(57)72-59(47)67)27-8-14-42-12-5-6-15-51(42)61)25-24-49-50(34-64)54(60(68)71-56(49)55)45(26-28-62)35-69-36-65/h2-4,7-11,13-14,16-17,19-21,23-25,30,42,44-46,48,51,57-58,62-65H,5-6,12,15,18,22,26-29,31-36H2,1H3. The van der Waals surface area contributed by atoms with E-state index in [-0.39, 0.29) is 90.9 Å². The third-order valence-corrected chi connectivity index (χ3v) is 16.5. The molecule has 2 bridgehead atoms. The van der Waals surface area contributed by atoms with Gasteiger partial charge in [-0.25, -0.2) is 9.59 Å². The van der Waals surface area contributed by atoms with Gasteiger partial charge in [-0.05, 0) is 115 Å². The highest BCUT2D eigenvalue weighted by atomic mass is 16.6. The number of aryl methyl sites for hydroxylation is 1. The number of allylic oxidation sites excluding steroid dienone is 3. The van der Waals surface area contributed by atoms with Gasteiger partial charge in [0.05, 0.1) is 25.4 Å². The average Bonchev–Trinajstić information content (AvgIpc) is 3.40. The molecular weight excluding hydrogens is 925 g/mol. The maximum Gasteiger partial charge on any atom is 0.340 e. The van der Waals surface area contributed by atoms with Crippen LogP contribution in [0.3, 0.4) is 0 Å². The van der Waals surface area contributed by atoms with E-state index in [1.807, 2.05) is 6.07 Å². The summed E-state index contributed by atoms with van der Waals surface area (Å²) in [6, 6.07) is 30.9. The number of rotatable bonds is 11. The van der Waals surface area contributed by atoms with Crippen molar-refractivity contribution in [3.05, 3.63) is 181 Å². The molecule has 5 aromatic rings. The van der Waals surface area contributed by atoms with Gasteiger partial charge in [0, 0.05) is 59.6 Å². The number of hydrogen-bond acceptors (Lipinski definition) is 12. The molecule has 1 spiro atoms. The third kappa shape index (κ3) is 10.1. The van der Waals surface area contributed by atoms with Crippen LogP contribution < -0.4 is 10.4 Å². The van der Waals surface area contributed by atoms with Crippen molar-refractivity contribution in [3.8, 4) is 5.75 Å². The number of carbonyl (C=O) groups is 2. The number of ether oxygens (including phenoxy) is 4. The number of hydrogen-bond donors (Lipinski definition) is 4. The number of aliphatic hydroxyl groups excluding tert-OH is 4. The summed E-state index contributed by atoms with van der Waals surface area (Å²) in [5, 5.41) is 41.6. The Kier molecular flexibility index (Phi) is 15.3. The zero-order chi connectivity index (χ0) is 50.6. The number of esters is 2. The molecular formula is C61H66O12. The summed E-state index contributed by atoms with van der Waals surface area (Å²) < 4.78 is 32.8. The van der Waals surface area contributed by atoms with Crippen molar-refractivity contribution in [2.45, 2.75) is 120 Å². The largest absolute Gasteiger partial charge is 0.482 e. The molecule has 0 radical (unpaired) electrons. The summed E-state index contributed by atoms with van der Waals surface area (Å²) >= 11 is 0. The summed E-state index contributed by atoms with van der Waals surface area (Å²) in [7, 11) is 0. The molecule has 3 aliphatic carbocycles. The molecule has 12 heteroatoms. The second-order valence-electron chi connectivity index (χ2n) is 20.8. The van der Waals surface area contributed by atoms with Crippen molar-refractivity contribution < 1.29 is 53.4 Å². The Morgan fingerprint density at radius 1 is 0.836 bits per heavy atom. The molecule has 6 aliphatic rings. The van der Waals surface area contributed by atoms with Crippen LogP contribution >= 0.6 is 0 Å². The van der Waals surface area contributed by atoms with Crippen LogP contribution in [-0.4, -0.2) is 70.7 Å². The Bertz CT molecular complexity index is 2950. The first kappa shape index (κ1) is 50.4. The molecule has 73 heavy (non-hydrogen) atoms. The first-order valence-corrected chi connectivity index (χ1v) is 26.1. The van der Waals surface area contributed by atoms with E-state index in [9.17, 15) is 25.2 Å². The van der Waals surface area contributed by atoms with E-state index in [1.54, 1.807) is 19.1 Å². The molecule has 12 nitrogen and oxygen atoms in total. The van der Waals surface area contributed by atoms with Crippen molar-refractivity contribution in [2.75, 3.05) is 26.6 Å². The van der Waals surface area contributed by atoms with Gasteiger partial charge in [0.25, 0.3) is 0 Å². The number of fused-ring (bicyclic) bond motifs is 13. The molecule has 0 saturated heterocycles. The molecule has 4 aromatic carbocycles. The van der Waals surface area contributed by atoms with Crippen molar-refractivity contribution in [1.82, 2.24) is 0 Å². The summed E-state index contributed by atoms with van der Waals surface area (Å²) in [4.78, 5) is 44.9. The van der Waals surface area contributed by atoms with Crippen molar-refractivity contribution >= 4 is 22.9 Å². The number of carbonyl (C=O) groups excluding carboxylic acids is 2. The van der Waals surface area contributed by atoms with Gasteiger partial charge in [0.15, 0.2) is 17.8 Å². The molecule has 9 atom stereocenters. The topological polar surface area (TPSA) is 182 Å². The van der Waals surface area contributed by atoms with E-state index in [0.717, 1.165) is 48.8 Å². The summed E-state index contributed by atoms with van der Waals surface area (Å²) in [5.74, 6) is -2.04.